The van der Waals surface area contributed by atoms with Crippen molar-refractivity contribution in [2.45, 2.75) is 10.1 Å². The average molecular weight is 424 g/mol. The number of thiophene rings is 1. The van der Waals surface area contributed by atoms with E-state index in [2.05, 4.69) is 14.7 Å². The molecule has 0 amide bonds. The number of aromatic amines is 1. The molecule has 4 aromatic rings. The number of para-hydroxylation sites is 1. The standard InChI is InChI=1S/C17H14ClN3O2S3/c1-19-26(22,23)17-13(5-6-24-17)12-4-2-3-10-7-14(21-15(10)12)16-20-9-11(8-18)25-16/h2-7,9,19,21H,8H2,1H3. The number of hydrogen-bond donors (Lipinski definition) is 2. The van der Waals surface area contributed by atoms with Crippen LogP contribution in [0, 0.1) is 0 Å². The highest BCUT2D eigenvalue weighted by Gasteiger charge is 2.21. The highest BCUT2D eigenvalue weighted by Crippen LogP contribution is 2.38. The van der Waals surface area contributed by atoms with E-state index in [4.69, 9.17) is 11.6 Å². The topological polar surface area (TPSA) is 74.8 Å². The van der Waals surface area contributed by atoms with Crippen molar-refractivity contribution in [1.29, 1.82) is 0 Å². The molecule has 2 N–H and O–H groups in total. The van der Waals surface area contributed by atoms with Crippen molar-refractivity contribution in [3.63, 3.8) is 0 Å². The predicted molar refractivity (Wildman–Crippen MR) is 109 cm³/mol. The van der Waals surface area contributed by atoms with Gasteiger partial charge in [0.05, 0.1) is 17.1 Å². The van der Waals surface area contributed by atoms with Gasteiger partial charge >= 0.3 is 0 Å². The molecule has 26 heavy (non-hydrogen) atoms. The van der Waals surface area contributed by atoms with E-state index in [1.807, 2.05) is 30.3 Å². The summed E-state index contributed by atoms with van der Waals surface area (Å²) in [5.41, 5.74) is 3.31. The number of H-pyrrole nitrogens is 1. The van der Waals surface area contributed by atoms with Crippen molar-refractivity contribution in [2.24, 2.45) is 0 Å². The minimum atomic E-state index is -3.52. The Morgan fingerprint density at radius 1 is 1.27 bits per heavy atom. The molecule has 0 fully saturated rings. The summed E-state index contributed by atoms with van der Waals surface area (Å²) in [7, 11) is -2.10. The Labute approximate surface area is 163 Å². The molecule has 9 heteroatoms. The molecule has 0 aliphatic heterocycles. The highest BCUT2D eigenvalue weighted by molar-refractivity contribution is 7.91. The van der Waals surface area contributed by atoms with Crippen molar-refractivity contribution >= 4 is 55.2 Å². The van der Waals surface area contributed by atoms with Crippen LogP contribution in [0.5, 0.6) is 0 Å². The summed E-state index contributed by atoms with van der Waals surface area (Å²) in [6.07, 6.45) is 1.77. The van der Waals surface area contributed by atoms with E-state index in [-0.39, 0.29) is 0 Å². The van der Waals surface area contributed by atoms with E-state index in [0.717, 1.165) is 32.0 Å². The fraction of sp³-hybridized carbons (Fsp3) is 0.118. The number of sulfonamides is 1. The monoisotopic (exact) mass is 423 g/mol. The Kier molecular flexibility index (Phi) is 4.62. The van der Waals surface area contributed by atoms with Gasteiger partial charge in [-0.15, -0.1) is 34.3 Å². The molecule has 0 aliphatic carbocycles. The SMILES string of the molecule is CNS(=O)(=O)c1sccc1-c1cccc2cc(-c3ncc(CCl)s3)[nH]c12. The van der Waals surface area contributed by atoms with Crippen LogP contribution in [-0.2, 0) is 15.9 Å². The van der Waals surface area contributed by atoms with Crippen molar-refractivity contribution < 1.29 is 8.42 Å². The first kappa shape index (κ1) is 17.7. The van der Waals surface area contributed by atoms with Crippen molar-refractivity contribution in [3.8, 4) is 21.8 Å². The Morgan fingerprint density at radius 3 is 2.85 bits per heavy atom. The van der Waals surface area contributed by atoms with Crippen LogP contribution < -0.4 is 4.72 Å². The van der Waals surface area contributed by atoms with Gasteiger partial charge in [0.1, 0.15) is 9.22 Å². The second-order valence-electron chi connectivity index (χ2n) is 5.55. The Bertz CT molecular complexity index is 1190. The quantitative estimate of drug-likeness (QED) is 0.458. The molecular weight excluding hydrogens is 410 g/mol. The van der Waals surface area contributed by atoms with Gasteiger partial charge < -0.3 is 4.98 Å². The fourth-order valence-corrected chi connectivity index (χ4v) is 5.96. The van der Waals surface area contributed by atoms with Gasteiger partial charge in [0, 0.05) is 27.6 Å². The molecule has 0 spiro atoms. The molecule has 0 unspecified atom stereocenters. The van der Waals surface area contributed by atoms with Gasteiger partial charge in [-0.2, -0.15) is 0 Å². The molecule has 0 saturated carbocycles. The highest BCUT2D eigenvalue weighted by atomic mass is 35.5. The zero-order valence-electron chi connectivity index (χ0n) is 13.6. The third-order valence-electron chi connectivity index (χ3n) is 4.00. The number of benzene rings is 1. The van der Waals surface area contributed by atoms with E-state index >= 15 is 0 Å². The minimum absolute atomic E-state index is 0.308. The number of fused-ring (bicyclic) bond motifs is 1. The first-order valence-corrected chi connectivity index (χ1v) is 11.4. The van der Waals surface area contributed by atoms with Gasteiger partial charge in [0.15, 0.2) is 0 Å². The molecule has 0 saturated heterocycles. The first-order chi connectivity index (χ1) is 12.5. The zero-order chi connectivity index (χ0) is 18.3. The third kappa shape index (κ3) is 2.97. The van der Waals surface area contributed by atoms with E-state index < -0.39 is 10.0 Å². The normalized spacial score (nSPS) is 12.1. The second-order valence-corrected chi connectivity index (χ2v) is 9.93. The molecular formula is C17H14ClN3O2S3. The summed E-state index contributed by atoms with van der Waals surface area (Å²) in [6.45, 7) is 0. The maximum absolute atomic E-state index is 12.3. The number of thiazole rings is 1. The number of nitrogens with one attached hydrogen (secondary N) is 2. The lowest BCUT2D eigenvalue weighted by Crippen LogP contribution is -2.17. The number of halogens is 1. The molecule has 0 atom stereocenters. The molecule has 0 aliphatic rings. The van der Waals surface area contributed by atoms with Crippen molar-refractivity contribution in [1.82, 2.24) is 14.7 Å². The third-order valence-corrected chi connectivity index (χ3v) is 8.38. The van der Waals surface area contributed by atoms with Gasteiger partial charge in [-0.05, 0) is 24.6 Å². The summed E-state index contributed by atoms with van der Waals surface area (Å²) < 4.78 is 27.3. The van der Waals surface area contributed by atoms with Crippen LogP contribution in [0.3, 0.4) is 0 Å². The lowest BCUT2D eigenvalue weighted by atomic mass is 10.1. The van der Waals surface area contributed by atoms with E-state index in [1.165, 1.54) is 29.7 Å². The summed E-state index contributed by atoms with van der Waals surface area (Å²) in [5, 5.41) is 3.64. The zero-order valence-corrected chi connectivity index (χ0v) is 16.8. The van der Waals surface area contributed by atoms with Crippen LogP contribution in [0.1, 0.15) is 4.88 Å². The molecule has 3 aromatic heterocycles. The molecule has 134 valence electrons. The fourth-order valence-electron chi connectivity index (χ4n) is 2.79. The van der Waals surface area contributed by atoms with Crippen LogP contribution in [0.15, 0.2) is 46.1 Å². The maximum atomic E-state index is 12.3. The van der Waals surface area contributed by atoms with E-state index in [1.54, 1.807) is 11.6 Å². The molecule has 4 rings (SSSR count). The number of rotatable bonds is 5. The van der Waals surface area contributed by atoms with Gasteiger partial charge in [0.25, 0.3) is 0 Å². The molecule has 0 radical (unpaired) electrons. The van der Waals surface area contributed by atoms with Gasteiger partial charge in [-0.3, -0.25) is 0 Å². The van der Waals surface area contributed by atoms with Crippen LogP contribution in [0.2, 0.25) is 0 Å². The van der Waals surface area contributed by atoms with Crippen LogP contribution in [0.4, 0.5) is 0 Å². The number of aromatic nitrogens is 2. The van der Waals surface area contributed by atoms with Crippen LogP contribution >= 0.6 is 34.3 Å². The van der Waals surface area contributed by atoms with Crippen LogP contribution in [-0.4, -0.2) is 25.4 Å². The van der Waals surface area contributed by atoms with Crippen LogP contribution in [0.25, 0.3) is 32.7 Å². The maximum Gasteiger partial charge on any atom is 0.250 e. The van der Waals surface area contributed by atoms with Crippen molar-refractivity contribution in [3.05, 3.63) is 46.8 Å². The van der Waals surface area contributed by atoms with E-state index in [0.29, 0.717) is 15.7 Å². The molecule has 5 nitrogen and oxygen atoms in total. The average Bonchev–Trinajstić information content (AvgIpc) is 3.38. The summed E-state index contributed by atoms with van der Waals surface area (Å²) in [4.78, 5) is 8.81. The summed E-state index contributed by atoms with van der Waals surface area (Å²) in [6, 6.07) is 9.70. The first-order valence-electron chi connectivity index (χ1n) is 7.67. The summed E-state index contributed by atoms with van der Waals surface area (Å²) >= 11 is 8.61. The lowest BCUT2D eigenvalue weighted by molar-refractivity contribution is 0.590. The molecule has 0 bridgehead atoms. The number of hydrogen-bond acceptors (Lipinski definition) is 5. The van der Waals surface area contributed by atoms with Gasteiger partial charge in [0.2, 0.25) is 10.0 Å². The Balaban J connectivity index is 1.89. The van der Waals surface area contributed by atoms with Crippen molar-refractivity contribution in [2.75, 3.05) is 7.05 Å². The Hall–Kier alpha value is -1.71. The minimum Gasteiger partial charge on any atom is -0.352 e. The lowest BCUT2D eigenvalue weighted by Gasteiger charge is -2.06. The van der Waals surface area contributed by atoms with Gasteiger partial charge in [-0.25, -0.2) is 18.1 Å². The Morgan fingerprint density at radius 2 is 2.12 bits per heavy atom. The predicted octanol–water partition coefficient (Wildman–Crippen LogP) is 4.67. The summed E-state index contributed by atoms with van der Waals surface area (Å²) in [5.74, 6) is 0.434. The largest absolute Gasteiger partial charge is 0.352 e. The molecule has 1 aromatic carbocycles. The molecule has 3 heterocycles. The number of nitrogens with zero attached hydrogens (tertiary/aromatic N) is 1. The smallest absolute Gasteiger partial charge is 0.250 e. The van der Waals surface area contributed by atoms with E-state index in [9.17, 15) is 8.42 Å². The van der Waals surface area contributed by atoms with Gasteiger partial charge in [-0.1, -0.05) is 18.2 Å². The second kappa shape index (κ2) is 6.79. The number of alkyl halides is 1.